The van der Waals surface area contributed by atoms with E-state index in [-0.39, 0.29) is 11.8 Å². The van der Waals surface area contributed by atoms with Gasteiger partial charge < -0.3 is 5.73 Å². The van der Waals surface area contributed by atoms with Gasteiger partial charge in [-0.2, -0.15) is 0 Å². The summed E-state index contributed by atoms with van der Waals surface area (Å²) in [5.74, 6) is 0.0202. The average Bonchev–Trinajstić information content (AvgIpc) is 2.06. The summed E-state index contributed by atoms with van der Waals surface area (Å²) in [6.45, 7) is 1.51. The van der Waals surface area contributed by atoms with Crippen molar-refractivity contribution in [2.24, 2.45) is 5.73 Å². The van der Waals surface area contributed by atoms with Crippen LogP contribution in [0.1, 0.15) is 12.5 Å². The van der Waals surface area contributed by atoms with Crippen LogP contribution in [0, 0.1) is 0 Å². The van der Waals surface area contributed by atoms with Gasteiger partial charge in [-0.25, -0.2) is 0 Å². The minimum Gasteiger partial charge on any atom is -0.321 e. The van der Waals surface area contributed by atoms with Crippen LogP contribution in [0.25, 0.3) is 0 Å². The van der Waals surface area contributed by atoms with Crippen molar-refractivity contribution in [2.45, 2.75) is 19.4 Å². The van der Waals surface area contributed by atoms with E-state index in [0.29, 0.717) is 6.42 Å². The quantitative estimate of drug-likeness (QED) is 0.709. The Morgan fingerprint density at radius 1 is 1.58 bits per heavy atom. The summed E-state index contributed by atoms with van der Waals surface area (Å²) in [4.78, 5) is 14.7. The molecule has 1 rings (SSSR count). The molecule has 0 aliphatic rings. The maximum atomic E-state index is 10.8. The van der Waals surface area contributed by atoms with Crippen molar-refractivity contribution in [1.82, 2.24) is 4.98 Å². The molecule has 0 bridgehead atoms. The highest BCUT2D eigenvalue weighted by Gasteiger charge is 2.07. The van der Waals surface area contributed by atoms with E-state index in [4.69, 9.17) is 5.73 Å². The number of pyridine rings is 1. The zero-order chi connectivity index (χ0) is 8.97. The van der Waals surface area contributed by atoms with Crippen molar-refractivity contribution >= 4 is 5.78 Å². The van der Waals surface area contributed by atoms with Crippen molar-refractivity contribution in [2.75, 3.05) is 0 Å². The predicted octanol–water partition coefficient (Wildman–Crippen LogP) is 0.540. The molecule has 0 spiro atoms. The Morgan fingerprint density at radius 2 is 2.17 bits per heavy atom. The maximum Gasteiger partial charge on any atom is 0.146 e. The van der Waals surface area contributed by atoms with E-state index in [2.05, 4.69) is 4.98 Å². The van der Waals surface area contributed by atoms with Gasteiger partial charge in [-0.3, -0.25) is 9.78 Å². The van der Waals surface area contributed by atoms with Crippen molar-refractivity contribution in [3.05, 3.63) is 30.1 Å². The lowest BCUT2D eigenvalue weighted by Crippen LogP contribution is -2.30. The summed E-state index contributed by atoms with van der Waals surface area (Å²) in [6, 6.07) is 3.35. The van der Waals surface area contributed by atoms with E-state index in [9.17, 15) is 4.79 Å². The van der Waals surface area contributed by atoms with Crippen LogP contribution < -0.4 is 5.73 Å². The van der Waals surface area contributed by atoms with Crippen molar-refractivity contribution in [3.8, 4) is 0 Å². The van der Waals surface area contributed by atoms with Crippen molar-refractivity contribution < 1.29 is 4.79 Å². The van der Waals surface area contributed by atoms with Gasteiger partial charge >= 0.3 is 0 Å². The van der Waals surface area contributed by atoms with Crippen LogP contribution in [0.2, 0.25) is 0 Å². The van der Waals surface area contributed by atoms with Crippen LogP contribution in [0.3, 0.4) is 0 Å². The van der Waals surface area contributed by atoms with Gasteiger partial charge in [0, 0.05) is 12.4 Å². The van der Waals surface area contributed by atoms with Crippen LogP contribution in [-0.4, -0.2) is 16.8 Å². The molecule has 1 aromatic rings. The Morgan fingerprint density at radius 3 is 2.67 bits per heavy atom. The third-order valence-corrected chi connectivity index (χ3v) is 1.73. The molecule has 1 aromatic heterocycles. The molecule has 1 heterocycles. The van der Waals surface area contributed by atoms with E-state index >= 15 is 0 Å². The van der Waals surface area contributed by atoms with Crippen LogP contribution in [0.4, 0.5) is 0 Å². The lowest BCUT2D eigenvalue weighted by molar-refractivity contribution is -0.118. The Balaban J connectivity index is 2.58. The van der Waals surface area contributed by atoms with Crippen LogP contribution in [0.15, 0.2) is 24.5 Å². The molecule has 3 nitrogen and oxygen atoms in total. The molecule has 0 radical (unpaired) electrons. The summed E-state index contributed by atoms with van der Waals surface area (Å²) >= 11 is 0. The number of nitrogens with zero attached hydrogens (tertiary/aromatic N) is 1. The highest BCUT2D eigenvalue weighted by atomic mass is 16.1. The number of hydrogen-bond donors (Lipinski definition) is 1. The van der Waals surface area contributed by atoms with Crippen LogP contribution in [-0.2, 0) is 11.2 Å². The Hall–Kier alpha value is -1.22. The van der Waals surface area contributed by atoms with Gasteiger partial charge in [-0.05, 0) is 31.0 Å². The highest BCUT2D eigenvalue weighted by molar-refractivity contribution is 5.81. The molecule has 0 saturated heterocycles. The highest BCUT2D eigenvalue weighted by Crippen LogP contribution is 2.00. The third-order valence-electron chi connectivity index (χ3n) is 1.73. The Bertz CT molecular complexity index is 258. The summed E-state index contributed by atoms with van der Waals surface area (Å²) in [6.07, 6.45) is 3.99. The number of aromatic nitrogens is 1. The van der Waals surface area contributed by atoms with E-state index in [0.717, 1.165) is 5.56 Å². The van der Waals surface area contributed by atoms with Gasteiger partial charge in [-0.15, -0.1) is 0 Å². The fourth-order valence-electron chi connectivity index (χ4n) is 0.917. The SMILES string of the molecule is CC(=O)[C@H](N)Cc1ccncc1. The first-order chi connectivity index (χ1) is 5.70. The summed E-state index contributed by atoms with van der Waals surface area (Å²) in [7, 11) is 0. The van der Waals surface area contributed by atoms with Crippen LogP contribution in [0.5, 0.6) is 0 Å². The Labute approximate surface area is 71.6 Å². The third kappa shape index (κ3) is 2.43. The van der Waals surface area contributed by atoms with E-state index in [1.807, 2.05) is 12.1 Å². The molecule has 0 aromatic carbocycles. The fraction of sp³-hybridized carbons (Fsp3) is 0.333. The smallest absolute Gasteiger partial charge is 0.146 e. The molecule has 3 heteroatoms. The first-order valence-electron chi connectivity index (χ1n) is 3.85. The van der Waals surface area contributed by atoms with Gasteiger partial charge in [0.05, 0.1) is 6.04 Å². The number of hydrogen-bond acceptors (Lipinski definition) is 3. The number of carbonyl (C=O) groups excluding carboxylic acids is 1. The molecule has 0 saturated carbocycles. The normalized spacial score (nSPS) is 12.5. The molecule has 12 heavy (non-hydrogen) atoms. The molecule has 0 fully saturated rings. The summed E-state index contributed by atoms with van der Waals surface area (Å²) < 4.78 is 0. The zero-order valence-corrected chi connectivity index (χ0v) is 7.03. The van der Waals surface area contributed by atoms with E-state index in [1.165, 1.54) is 6.92 Å². The van der Waals surface area contributed by atoms with Gasteiger partial charge in [-0.1, -0.05) is 0 Å². The Kier molecular flexibility index (Phi) is 2.94. The molecule has 2 N–H and O–H groups in total. The number of rotatable bonds is 3. The van der Waals surface area contributed by atoms with Gasteiger partial charge in [0.25, 0.3) is 0 Å². The van der Waals surface area contributed by atoms with Crippen molar-refractivity contribution in [3.63, 3.8) is 0 Å². The van der Waals surface area contributed by atoms with Gasteiger partial charge in [0.1, 0.15) is 5.78 Å². The second kappa shape index (κ2) is 3.97. The molecule has 0 amide bonds. The molecular weight excluding hydrogens is 152 g/mol. The zero-order valence-electron chi connectivity index (χ0n) is 7.03. The van der Waals surface area contributed by atoms with E-state index in [1.54, 1.807) is 12.4 Å². The number of ketones is 1. The second-order valence-electron chi connectivity index (χ2n) is 2.78. The average molecular weight is 164 g/mol. The first kappa shape index (κ1) is 8.87. The number of Topliss-reactive ketones (excluding diaryl/α,β-unsaturated/α-hetero) is 1. The minimum absolute atomic E-state index is 0.0202. The van der Waals surface area contributed by atoms with Crippen LogP contribution >= 0.6 is 0 Å². The molecule has 0 aliphatic heterocycles. The molecule has 1 atom stereocenters. The molecular formula is C9H12N2O. The summed E-state index contributed by atoms with van der Waals surface area (Å²) in [5, 5.41) is 0. The minimum atomic E-state index is -0.382. The van der Waals surface area contributed by atoms with Gasteiger partial charge in [0.15, 0.2) is 0 Å². The molecule has 0 unspecified atom stereocenters. The fourth-order valence-corrected chi connectivity index (χ4v) is 0.917. The molecule has 64 valence electrons. The molecule has 0 aliphatic carbocycles. The second-order valence-corrected chi connectivity index (χ2v) is 2.78. The number of carbonyl (C=O) groups is 1. The number of nitrogens with two attached hydrogens (primary N) is 1. The predicted molar refractivity (Wildman–Crippen MR) is 46.6 cm³/mol. The summed E-state index contributed by atoms with van der Waals surface area (Å²) in [5.41, 5.74) is 6.63. The lowest BCUT2D eigenvalue weighted by Gasteiger charge is -2.06. The maximum absolute atomic E-state index is 10.8. The monoisotopic (exact) mass is 164 g/mol. The van der Waals surface area contributed by atoms with Crippen molar-refractivity contribution in [1.29, 1.82) is 0 Å². The standard InChI is InChI=1S/C9H12N2O/c1-7(12)9(10)6-8-2-4-11-5-3-8/h2-5,9H,6,10H2,1H3/t9-/m1/s1. The topological polar surface area (TPSA) is 56.0 Å². The lowest BCUT2D eigenvalue weighted by atomic mass is 10.1. The largest absolute Gasteiger partial charge is 0.321 e. The first-order valence-corrected chi connectivity index (χ1v) is 3.85. The van der Waals surface area contributed by atoms with Gasteiger partial charge in [0.2, 0.25) is 0 Å². The van der Waals surface area contributed by atoms with E-state index < -0.39 is 0 Å².